The highest BCUT2D eigenvalue weighted by molar-refractivity contribution is 6.30. The van der Waals surface area contributed by atoms with Crippen molar-refractivity contribution in [2.75, 3.05) is 0 Å². The van der Waals surface area contributed by atoms with Gasteiger partial charge in [0, 0.05) is 11.9 Å². The summed E-state index contributed by atoms with van der Waals surface area (Å²) < 4.78 is 32.8. The van der Waals surface area contributed by atoms with Crippen molar-refractivity contribution in [3.63, 3.8) is 0 Å². The van der Waals surface area contributed by atoms with Gasteiger partial charge in [0.2, 0.25) is 0 Å². The number of carbonyl (C=O) groups excluding carboxylic acids is 1. The van der Waals surface area contributed by atoms with E-state index in [2.05, 4.69) is 4.74 Å². The molecule has 0 amide bonds. The lowest BCUT2D eigenvalue weighted by atomic mass is 10.2. The van der Waals surface area contributed by atoms with Gasteiger partial charge < -0.3 is 9.47 Å². The predicted octanol–water partition coefficient (Wildman–Crippen LogP) is 3.00. The molecule has 1 rings (SSSR count). The monoisotopic (exact) mass is 250 g/mol. The molecule has 88 valence electrons. The van der Waals surface area contributed by atoms with E-state index < -0.39 is 12.6 Å². The molecule has 1 aromatic carbocycles. The molecule has 0 unspecified atom stereocenters. The molecule has 0 aliphatic carbocycles. The van der Waals surface area contributed by atoms with Gasteiger partial charge in [-0.25, -0.2) is 0 Å². The van der Waals surface area contributed by atoms with Crippen LogP contribution >= 0.6 is 11.6 Å². The first-order valence-corrected chi connectivity index (χ1v) is 4.73. The van der Waals surface area contributed by atoms with Crippen LogP contribution in [0.3, 0.4) is 0 Å². The van der Waals surface area contributed by atoms with Crippen LogP contribution in [0, 0.1) is 0 Å². The van der Waals surface area contributed by atoms with E-state index in [-0.39, 0.29) is 17.4 Å². The Labute approximate surface area is 95.9 Å². The third kappa shape index (κ3) is 4.44. The summed E-state index contributed by atoms with van der Waals surface area (Å²) in [6.07, 6.45) is 0. The van der Waals surface area contributed by atoms with Crippen molar-refractivity contribution in [1.29, 1.82) is 0 Å². The molecule has 0 bridgehead atoms. The van der Waals surface area contributed by atoms with Crippen molar-refractivity contribution in [2.24, 2.45) is 0 Å². The first-order valence-electron chi connectivity index (χ1n) is 4.35. The van der Waals surface area contributed by atoms with Gasteiger partial charge in [-0.05, 0) is 23.8 Å². The molecule has 6 heteroatoms. The Morgan fingerprint density at radius 2 is 2.12 bits per heavy atom. The first kappa shape index (κ1) is 12.7. The van der Waals surface area contributed by atoms with E-state index in [1.54, 1.807) is 0 Å². The molecule has 0 atom stereocenters. The number of carbonyl (C=O) groups is 1. The molecule has 0 aromatic heterocycles. The molecule has 0 radical (unpaired) electrons. The topological polar surface area (TPSA) is 35.5 Å². The van der Waals surface area contributed by atoms with Crippen LogP contribution in [0.1, 0.15) is 12.5 Å². The normalized spacial score (nSPS) is 10.3. The van der Waals surface area contributed by atoms with Gasteiger partial charge in [0.05, 0.1) is 0 Å². The van der Waals surface area contributed by atoms with Crippen LogP contribution in [0.25, 0.3) is 0 Å². The highest BCUT2D eigenvalue weighted by Crippen LogP contribution is 2.23. The average molecular weight is 251 g/mol. The molecular weight excluding hydrogens is 242 g/mol. The number of rotatable bonds is 4. The fourth-order valence-corrected chi connectivity index (χ4v) is 1.31. The maximum atomic E-state index is 11.9. The number of hydrogen-bond acceptors (Lipinski definition) is 3. The maximum Gasteiger partial charge on any atom is 0.387 e. The van der Waals surface area contributed by atoms with Crippen molar-refractivity contribution in [1.82, 2.24) is 0 Å². The number of ether oxygens (including phenoxy) is 2. The van der Waals surface area contributed by atoms with E-state index in [4.69, 9.17) is 16.3 Å². The summed E-state index contributed by atoms with van der Waals surface area (Å²) in [4.78, 5) is 10.6. The first-order chi connectivity index (χ1) is 7.47. The molecule has 0 saturated heterocycles. The molecule has 0 fully saturated rings. The minimum atomic E-state index is -2.92. The highest BCUT2D eigenvalue weighted by Gasteiger charge is 2.07. The summed E-state index contributed by atoms with van der Waals surface area (Å²) in [5.41, 5.74) is 0.485. The van der Waals surface area contributed by atoms with Gasteiger partial charge >= 0.3 is 12.6 Å². The number of alkyl halides is 2. The van der Waals surface area contributed by atoms with Crippen molar-refractivity contribution >= 4 is 17.6 Å². The number of esters is 1. The Morgan fingerprint density at radius 3 is 2.69 bits per heavy atom. The number of halogens is 3. The third-order valence-electron chi connectivity index (χ3n) is 1.60. The Morgan fingerprint density at radius 1 is 1.44 bits per heavy atom. The Bertz CT molecular complexity index is 382. The second kappa shape index (κ2) is 5.65. The van der Waals surface area contributed by atoms with E-state index in [1.807, 2.05) is 0 Å². The maximum absolute atomic E-state index is 11.9. The van der Waals surface area contributed by atoms with Gasteiger partial charge in [0.15, 0.2) is 0 Å². The molecule has 1 aromatic rings. The summed E-state index contributed by atoms with van der Waals surface area (Å²) >= 11 is 5.68. The van der Waals surface area contributed by atoms with Gasteiger partial charge in [-0.3, -0.25) is 4.79 Å². The number of hydrogen-bond donors (Lipinski definition) is 0. The minimum Gasteiger partial charge on any atom is -0.461 e. The molecule has 16 heavy (non-hydrogen) atoms. The zero-order chi connectivity index (χ0) is 12.1. The molecule has 0 aliphatic rings. The summed E-state index contributed by atoms with van der Waals surface area (Å²) in [6.45, 7) is -1.70. The van der Waals surface area contributed by atoms with Crippen LogP contribution < -0.4 is 4.74 Å². The molecular formula is C10H9ClF2O3. The van der Waals surface area contributed by atoms with Gasteiger partial charge in [0.25, 0.3) is 0 Å². The van der Waals surface area contributed by atoms with E-state index in [9.17, 15) is 13.6 Å². The fraction of sp³-hybridized carbons (Fsp3) is 0.300. The van der Waals surface area contributed by atoms with E-state index in [0.29, 0.717) is 5.56 Å². The average Bonchev–Trinajstić information content (AvgIpc) is 2.12. The van der Waals surface area contributed by atoms with Gasteiger partial charge in [-0.15, -0.1) is 0 Å². The molecule has 0 aliphatic heterocycles. The smallest absolute Gasteiger partial charge is 0.387 e. The predicted molar refractivity (Wildman–Crippen MR) is 53.6 cm³/mol. The Balaban J connectivity index is 2.77. The van der Waals surface area contributed by atoms with Crippen LogP contribution in [0.15, 0.2) is 18.2 Å². The van der Waals surface area contributed by atoms with Crippen LogP contribution in [0.2, 0.25) is 5.02 Å². The lowest BCUT2D eigenvalue weighted by Crippen LogP contribution is -2.03. The fourth-order valence-electron chi connectivity index (χ4n) is 1.06. The summed E-state index contributed by atoms with van der Waals surface area (Å²) in [5, 5.41) is 0.236. The largest absolute Gasteiger partial charge is 0.461 e. The zero-order valence-electron chi connectivity index (χ0n) is 8.38. The van der Waals surface area contributed by atoms with Crippen LogP contribution in [0.4, 0.5) is 8.78 Å². The van der Waals surface area contributed by atoms with Crippen LogP contribution in [-0.2, 0) is 16.1 Å². The molecule has 0 heterocycles. The quantitative estimate of drug-likeness (QED) is 0.771. The van der Waals surface area contributed by atoms with Crippen LogP contribution in [-0.4, -0.2) is 12.6 Å². The molecule has 3 nitrogen and oxygen atoms in total. The van der Waals surface area contributed by atoms with Crippen LogP contribution in [0.5, 0.6) is 5.75 Å². The zero-order valence-corrected chi connectivity index (χ0v) is 9.13. The Hall–Kier alpha value is -1.36. The number of benzene rings is 1. The summed E-state index contributed by atoms with van der Waals surface area (Å²) in [5.74, 6) is -0.527. The van der Waals surface area contributed by atoms with Crippen molar-refractivity contribution in [3.05, 3.63) is 28.8 Å². The SMILES string of the molecule is CC(=O)OCc1cc(Cl)cc(OC(F)F)c1. The molecule has 0 spiro atoms. The lowest BCUT2D eigenvalue weighted by molar-refractivity contribution is -0.142. The standard InChI is InChI=1S/C10H9ClF2O3/c1-6(14)15-5-7-2-8(11)4-9(3-7)16-10(12)13/h2-4,10H,5H2,1H3. The summed E-state index contributed by atoms with van der Waals surface area (Å²) in [7, 11) is 0. The van der Waals surface area contributed by atoms with E-state index in [1.165, 1.54) is 25.1 Å². The third-order valence-corrected chi connectivity index (χ3v) is 1.82. The Kier molecular flexibility index (Phi) is 4.49. The second-order valence-corrected chi connectivity index (χ2v) is 3.39. The second-order valence-electron chi connectivity index (χ2n) is 2.95. The van der Waals surface area contributed by atoms with Crippen molar-refractivity contribution in [3.8, 4) is 5.75 Å². The molecule has 0 N–H and O–H groups in total. The lowest BCUT2D eigenvalue weighted by Gasteiger charge is -2.08. The summed E-state index contributed by atoms with van der Waals surface area (Å²) in [6, 6.07) is 4.09. The van der Waals surface area contributed by atoms with Crippen molar-refractivity contribution in [2.45, 2.75) is 20.1 Å². The van der Waals surface area contributed by atoms with Gasteiger partial charge in [0.1, 0.15) is 12.4 Å². The molecule has 0 saturated carbocycles. The minimum absolute atomic E-state index is 0.0323. The highest BCUT2D eigenvalue weighted by atomic mass is 35.5. The van der Waals surface area contributed by atoms with E-state index in [0.717, 1.165) is 0 Å². The van der Waals surface area contributed by atoms with E-state index >= 15 is 0 Å². The van der Waals surface area contributed by atoms with Crippen molar-refractivity contribution < 1.29 is 23.0 Å². The van der Waals surface area contributed by atoms with Gasteiger partial charge in [-0.1, -0.05) is 11.6 Å². The van der Waals surface area contributed by atoms with Gasteiger partial charge in [-0.2, -0.15) is 8.78 Å².